The number of aryl methyl sites for hydroxylation is 2. The molecule has 10 heteroatoms. The van der Waals surface area contributed by atoms with Gasteiger partial charge in [-0.3, -0.25) is 0 Å². The van der Waals surface area contributed by atoms with Crippen LogP contribution in [0.3, 0.4) is 0 Å². The molecular formula is C20H16F4N4O2. The molecule has 2 aromatic carbocycles. The fraction of sp³-hybridized carbons (Fsp3) is 0.150. The highest BCUT2D eigenvalue weighted by atomic mass is 19.4. The summed E-state index contributed by atoms with van der Waals surface area (Å²) in [6, 6.07) is 9.28. The molecule has 156 valence electrons. The summed E-state index contributed by atoms with van der Waals surface area (Å²) in [6.45, 7) is 3.09. The number of urea groups is 1. The van der Waals surface area contributed by atoms with Crippen LogP contribution in [0.25, 0.3) is 0 Å². The van der Waals surface area contributed by atoms with E-state index in [2.05, 4.69) is 20.6 Å². The molecule has 6 nitrogen and oxygen atoms in total. The van der Waals surface area contributed by atoms with Crippen molar-refractivity contribution >= 4 is 17.4 Å². The van der Waals surface area contributed by atoms with Crippen molar-refractivity contribution in [3.63, 3.8) is 0 Å². The Morgan fingerprint density at radius 3 is 2.17 bits per heavy atom. The lowest BCUT2D eigenvalue weighted by atomic mass is 10.1. The number of rotatable bonds is 4. The van der Waals surface area contributed by atoms with E-state index in [1.807, 2.05) is 0 Å². The van der Waals surface area contributed by atoms with Gasteiger partial charge in [-0.1, -0.05) is 24.3 Å². The Kier molecular flexibility index (Phi) is 5.86. The molecule has 3 aromatic rings. The number of amides is 2. The Morgan fingerprint density at radius 1 is 0.933 bits per heavy atom. The second-order valence-electron chi connectivity index (χ2n) is 6.21. The molecule has 2 N–H and O–H groups in total. The molecule has 2 amide bonds. The van der Waals surface area contributed by atoms with Crippen molar-refractivity contribution in [3.8, 4) is 11.8 Å². The van der Waals surface area contributed by atoms with Gasteiger partial charge in [0.25, 0.3) is 0 Å². The third-order valence-electron chi connectivity index (χ3n) is 4.01. The van der Waals surface area contributed by atoms with E-state index in [1.165, 1.54) is 30.3 Å². The Hall–Kier alpha value is -3.69. The summed E-state index contributed by atoms with van der Waals surface area (Å²) >= 11 is 0. The van der Waals surface area contributed by atoms with Crippen LogP contribution in [0.15, 0.2) is 48.5 Å². The standard InChI is InChI=1S/C20H16F4N4O2/c1-11-17(12(2)26-19(25-11)30-16-10-6-4-8-14(16)21)28-18(29)27-15-9-5-3-7-13(15)20(22,23)24/h3-10H,1-2H3,(H2,27,28,29). The van der Waals surface area contributed by atoms with Crippen molar-refractivity contribution in [1.82, 2.24) is 9.97 Å². The fourth-order valence-electron chi connectivity index (χ4n) is 2.64. The van der Waals surface area contributed by atoms with Crippen LogP contribution in [-0.4, -0.2) is 16.0 Å². The van der Waals surface area contributed by atoms with Gasteiger partial charge in [0.2, 0.25) is 0 Å². The molecule has 0 aliphatic carbocycles. The van der Waals surface area contributed by atoms with E-state index < -0.39 is 29.3 Å². The number of carbonyl (C=O) groups is 1. The number of anilines is 2. The van der Waals surface area contributed by atoms with Gasteiger partial charge in [-0.15, -0.1) is 0 Å². The topological polar surface area (TPSA) is 76.1 Å². The van der Waals surface area contributed by atoms with E-state index >= 15 is 0 Å². The van der Waals surface area contributed by atoms with Crippen molar-refractivity contribution in [2.24, 2.45) is 0 Å². The molecule has 0 saturated heterocycles. The van der Waals surface area contributed by atoms with Gasteiger partial charge in [-0.25, -0.2) is 9.18 Å². The lowest BCUT2D eigenvalue weighted by Crippen LogP contribution is -2.23. The number of hydrogen-bond donors (Lipinski definition) is 2. The van der Waals surface area contributed by atoms with Gasteiger partial charge >= 0.3 is 18.2 Å². The maximum Gasteiger partial charge on any atom is 0.418 e. The van der Waals surface area contributed by atoms with Crippen LogP contribution in [0.5, 0.6) is 11.8 Å². The minimum Gasteiger partial charge on any atom is -0.421 e. The van der Waals surface area contributed by atoms with Gasteiger partial charge in [0.15, 0.2) is 11.6 Å². The Labute approximate surface area is 168 Å². The molecule has 3 rings (SSSR count). The highest BCUT2D eigenvalue weighted by Crippen LogP contribution is 2.34. The summed E-state index contributed by atoms with van der Waals surface area (Å²) in [5.74, 6) is -0.667. The first-order valence-electron chi connectivity index (χ1n) is 8.67. The molecule has 0 aliphatic heterocycles. The summed E-state index contributed by atoms with van der Waals surface area (Å²) in [7, 11) is 0. The molecule has 30 heavy (non-hydrogen) atoms. The monoisotopic (exact) mass is 420 g/mol. The molecule has 0 radical (unpaired) electrons. The fourth-order valence-corrected chi connectivity index (χ4v) is 2.64. The Bertz CT molecular complexity index is 1060. The average molecular weight is 420 g/mol. The number of alkyl halides is 3. The molecule has 0 spiro atoms. The van der Waals surface area contributed by atoms with E-state index in [4.69, 9.17) is 4.74 Å². The van der Waals surface area contributed by atoms with Crippen LogP contribution in [0.1, 0.15) is 17.0 Å². The predicted octanol–water partition coefficient (Wildman–Crippen LogP) is 5.69. The first kappa shape index (κ1) is 21.0. The van der Waals surface area contributed by atoms with Gasteiger partial charge in [-0.2, -0.15) is 23.1 Å². The molecule has 0 bridgehead atoms. The van der Waals surface area contributed by atoms with Gasteiger partial charge in [0, 0.05) is 0 Å². The van der Waals surface area contributed by atoms with Crippen LogP contribution in [-0.2, 0) is 6.18 Å². The van der Waals surface area contributed by atoms with Crippen molar-refractivity contribution in [2.75, 3.05) is 10.6 Å². The Morgan fingerprint density at radius 2 is 1.53 bits per heavy atom. The molecular weight excluding hydrogens is 404 g/mol. The van der Waals surface area contributed by atoms with Crippen LogP contribution in [0.4, 0.5) is 33.7 Å². The largest absolute Gasteiger partial charge is 0.421 e. The third-order valence-corrected chi connectivity index (χ3v) is 4.01. The molecule has 1 aromatic heterocycles. The molecule has 0 unspecified atom stereocenters. The van der Waals surface area contributed by atoms with Crippen LogP contribution >= 0.6 is 0 Å². The van der Waals surface area contributed by atoms with Crippen molar-refractivity contribution in [2.45, 2.75) is 20.0 Å². The number of ether oxygens (including phenoxy) is 1. The van der Waals surface area contributed by atoms with Gasteiger partial charge in [0.05, 0.1) is 28.3 Å². The predicted molar refractivity (Wildman–Crippen MR) is 102 cm³/mol. The first-order chi connectivity index (χ1) is 14.1. The zero-order valence-electron chi connectivity index (χ0n) is 15.8. The maximum atomic E-state index is 13.7. The minimum atomic E-state index is -4.62. The number of carbonyl (C=O) groups excluding carboxylic acids is 1. The lowest BCUT2D eigenvalue weighted by Gasteiger charge is -2.16. The first-order valence-corrected chi connectivity index (χ1v) is 8.67. The second kappa shape index (κ2) is 8.36. The van der Waals surface area contributed by atoms with Crippen LogP contribution in [0, 0.1) is 19.7 Å². The summed E-state index contributed by atoms with van der Waals surface area (Å²) in [6.07, 6.45) is -4.62. The van der Waals surface area contributed by atoms with E-state index in [-0.39, 0.29) is 28.8 Å². The third kappa shape index (κ3) is 4.83. The normalized spacial score (nSPS) is 11.1. The molecule has 0 saturated carbocycles. The summed E-state index contributed by atoms with van der Waals surface area (Å²) < 4.78 is 58.3. The zero-order chi connectivity index (χ0) is 21.9. The van der Waals surface area contributed by atoms with E-state index in [0.717, 1.165) is 12.1 Å². The SMILES string of the molecule is Cc1nc(Oc2ccccc2F)nc(C)c1NC(=O)Nc1ccccc1C(F)(F)F. The minimum absolute atomic E-state index is 0.0708. The number of para-hydroxylation sites is 2. The molecule has 0 aliphatic rings. The van der Waals surface area contributed by atoms with Crippen LogP contribution < -0.4 is 15.4 Å². The molecule has 1 heterocycles. The van der Waals surface area contributed by atoms with Gasteiger partial charge < -0.3 is 15.4 Å². The number of hydrogen-bond acceptors (Lipinski definition) is 4. The van der Waals surface area contributed by atoms with Crippen molar-refractivity contribution in [3.05, 3.63) is 71.3 Å². The maximum absolute atomic E-state index is 13.7. The number of benzene rings is 2. The van der Waals surface area contributed by atoms with Gasteiger partial charge in [0.1, 0.15) is 0 Å². The quantitative estimate of drug-likeness (QED) is 0.532. The number of aromatic nitrogens is 2. The smallest absolute Gasteiger partial charge is 0.418 e. The van der Waals surface area contributed by atoms with Gasteiger partial charge in [-0.05, 0) is 38.1 Å². The zero-order valence-corrected chi connectivity index (χ0v) is 15.8. The van der Waals surface area contributed by atoms with E-state index in [1.54, 1.807) is 19.9 Å². The number of nitrogens with one attached hydrogen (secondary N) is 2. The van der Waals surface area contributed by atoms with Crippen molar-refractivity contribution < 1.29 is 27.1 Å². The highest BCUT2D eigenvalue weighted by molar-refractivity contribution is 6.00. The highest BCUT2D eigenvalue weighted by Gasteiger charge is 2.33. The summed E-state index contributed by atoms with van der Waals surface area (Å²) in [5.41, 5.74) is -0.601. The molecule has 0 fully saturated rings. The Balaban J connectivity index is 1.78. The summed E-state index contributed by atoms with van der Waals surface area (Å²) in [5, 5.41) is 4.61. The lowest BCUT2D eigenvalue weighted by molar-refractivity contribution is -0.136. The summed E-state index contributed by atoms with van der Waals surface area (Å²) in [4.78, 5) is 20.4. The number of halogens is 4. The average Bonchev–Trinajstić information content (AvgIpc) is 2.66. The van der Waals surface area contributed by atoms with Crippen molar-refractivity contribution in [1.29, 1.82) is 0 Å². The number of nitrogens with zero attached hydrogens (tertiary/aromatic N) is 2. The second-order valence-corrected chi connectivity index (χ2v) is 6.21. The van der Waals surface area contributed by atoms with E-state index in [9.17, 15) is 22.4 Å². The molecule has 0 atom stereocenters. The van der Waals surface area contributed by atoms with Crippen LogP contribution in [0.2, 0.25) is 0 Å². The van der Waals surface area contributed by atoms with E-state index in [0.29, 0.717) is 0 Å².